The van der Waals surface area contributed by atoms with Crippen molar-refractivity contribution in [3.05, 3.63) is 64.0 Å². The Morgan fingerprint density at radius 1 is 1.22 bits per heavy atom. The molecule has 136 valence electrons. The Morgan fingerprint density at radius 2 is 1.93 bits per heavy atom. The minimum atomic E-state index is -0.0529. The zero-order valence-electron chi connectivity index (χ0n) is 14.7. The molecule has 1 fully saturated rings. The van der Waals surface area contributed by atoms with Crippen molar-refractivity contribution >= 4 is 46.2 Å². The van der Waals surface area contributed by atoms with Crippen molar-refractivity contribution in [1.82, 2.24) is 4.90 Å². The maximum Gasteiger partial charge on any atom is 0.266 e. The fraction of sp³-hybridized carbons (Fsp3) is 0.143. The van der Waals surface area contributed by atoms with Crippen LogP contribution in [0.1, 0.15) is 12.5 Å². The Bertz CT molecular complexity index is 928. The maximum absolute atomic E-state index is 12.7. The fourth-order valence-corrected chi connectivity index (χ4v) is 3.62. The number of amidine groups is 1. The van der Waals surface area contributed by atoms with E-state index in [0.29, 0.717) is 27.4 Å². The van der Waals surface area contributed by atoms with E-state index in [0.717, 1.165) is 11.3 Å². The molecule has 27 heavy (non-hydrogen) atoms. The third-order valence-electron chi connectivity index (χ3n) is 3.76. The molecule has 1 aliphatic heterocycles. The number of rotatable bonds is 5. The lowest BCUT2D eigenvalue weighted by Crippen LogP contribution is -2.28. The van der Waals surface area contributed by atoms with Crippen LogP contribution in [0, 0.1) is 12.3 Å². The minimum absolute atomic E-state index is 0.0529. The van der Waals surface area contributed by atoms with Gasteiger partial charge in [-0.1, -0.05) is 29.7 Å². The highest BCUT2D eigenvalue weighted by Crippen LogP contribution is 2.34. The molecule has 1 amide bonds. The molecule has 0 N–H and O–H groups in total. The number of hydrogen-bond acceptors (Lipinski definition) is 4. The number of likely N-dealkylation sites (N-methyl/N-ethyl adjacent to an activating group) is 1. The average molecular weight is 397 g/mol. The van der Waals surface area contributed by atoms with Crippen LogP contribution in [0.25, 0.3) is 6.08 Å². The molecule has 2 aromatic rings. The van der Waals surface area contributed by atoms with Gasteiger partial charge in [0.05, 0.1) is 10.6 Å². The summed E-state index contributed by atoms with van der Waals surface area (Å²) in [4.78, 5) is 19.6. The lowest BCUT2D eigenvalue weighted by Gasteiger charge is -2.11. The highest BCUT2D eigenvalue weighted by molar-refractivity contribution is 8.18. The van der Waals surface area contributed by atoms with E-state index in [4.69, 9.17) is 22.8 Å². The van der Waals surface area contributed by atoms with E-state index in [1.807, 2.05) is 49.4 Å². The van der Waals surface area contributed by atoms with Crippen LogP contribution >= 0.6 is 23.4 Å². The van der Waals surface area contributed by atoms with Gasteiger partial charge in [-0.3, -0.25) is 9.69 Å². The van der Waals surface area contributed by atoms with Crippen LogP contribution in [-0.2, 0) is 4.79 Å². The van der Waals surface area contributed by atoms with Gasteiger partial charge in [0.1, 0.15) is 12.4 Å². The highest BCUT2D eigenvalue weighted by Gasteiger charge is 2.32. The van der Waals surface area contributed by atoms with Crippen molar-refractivity contribution in [1.29, 1.82) is 0 Å². The first-order valence-electron chi connectivity index (χ1n) is 8.32. The summed E-state index contributed by atoms with van der Waals surface area (Å²) in [5.74, 6) is 3.07. The monoisotopic (exact) mass is 396 g/mol. The normalized spacial score (nSPS) is 16.8. The molecular formula is C21H17ClN2O2S. The topological polar surface area (TPSA) is 41.9 Å². The second-order valence-electron chi connectivity index (χ2n) is 5.59. The van der Waals surface area contributed by atoms with Crippen molar-refractivity contribution in [2.75, 3.05) is 13.2 Å². The van der Waals surface area contributed by atoms with E-state index >= 15 is 0 Å². The summed E-state index contributed by atoms with van der Waals surface area (Å²) in [6.45, 7) is 2.70. The van der Waals surface area contributed by atoms with Crippen molar-refractivity contribution < 1.29 is 9.53 Å². The SMILES string of the molecule is C#CCOc1ccc(/C=C2\SC(=Nc3ccc(Cl)cc3)N(CC)C2=O)cc1. The molecule has 0 aromatic heterocycles. The summed E-state index contributed by atoms with van der Waals surface area (Å²) in [5.41, 5.74) is 1.66. The Hall–Kier alpha value is -2.68. The first-order valence-corrected chi connectivity index (χ1v) is 9.52. The molecule has 6 heteroatoms. The first kappa shape index (κ1) is 19.1. The fourth-order valence-electron chi connectivity index (χ4n) is 2.43. The molecule has 0 radical (unpaired) electrons. The quantitative estimate of drug-likeness (QED) is 0.529. The summed E-state index contributed by atoms with van der Waals surface area (Å²) in [7, 11) is 0. The van der Waals surface area contributed by atoms with Crippen molar-refractivity contribution in [2.45, 2.75) is 6.92 Å². The van der Waals surface area contributed by atoms with Gasteiger partial charge >= 0.3 is 0 Å². The number of benzene rings is 2. The lowest BCUT2D eigenvalue weighted by molar-refractivity contribution is -0.122. The number of carbonyl (C=O) groups excluding carboxylic acids is 1. The molecule has 0 atom stereocenters. The summed E-state index contributed by atoms with van der Waals surface area (Å²) in [5, 5.41) is 1.31. The molecule has 0 spiro atoms. The summed E-state index contributed by atoms with van der Waals surface area (Å²) >= 11 is 7.27. The van der Waals surface area contributed by atoms with Gasteiger partial charge in [-0.2, -0.15) is 0 Å². The summed E-state index contributed by atoms with van der Waals surface area (Å²) in [6, 6.07) is 14.6. The average Bonchev–Trinajstić information content (AvgIpc) is 2.97. The minimum Gasteiger partial charge on any atom is -0.481 e. The summed E-state index contributed by atoms with van der Waals surface area (Å²) in [6.07, 6.45) is 7.04. The van der Waals surface area contributed by atoms with Crippen LogP contribution in [0.4, 0.5) is 5.69 Å². The van der Waals surface area contributed by atoms with Crippen LogP contribution < -0.4 is 4.74 Å². The van der Waals surface area contributed by atoms with E-state index in [9.17, 15) is 4.79 Å². The van der Waals surface area contributed by atoms with Gasteiger partial charge in [-0.15, -0.1) is 6.42 Å². The highest BCUT2D eigenvalue weighted by atomic mass is 35.5. The molecule has 1 saturated heterocycles. The largest absolute Gasteiger partial charge is 0.481 e. The van der Waals surface area contributed by atoms with Crippen molar-refractivity contribution in [2.24, 2.45) is 4.99 Å². The molecule has 0 aliphatic carbocycles. The van der Waals surface area contributed by atoms with E-state index in [1.165, 1.54) is 11.8 Å². The molecule has 0 unspecified atom stereocenters. The van der Waals surface area contributed by atoms with E-state index < -0.39 is 0 Å². The molecule has 0 saturated carbocycles. The van der Waals surface area contributed by atoms with Crippen LogP contribution in [0.3, 0.4) is 0 Å². The molecule has 1 aliphatic rings. The third-order valence-corrected chi connectivity index (χ3v) is 5.01. The second kappa shape index (κ2) is 8.81. The number of nitrogens with zero attached hydrogens (tertiary/aromatic N) is 2. The smallest absolute Gasteiger partial charge is 0.266 e. The number of thioether (sulfide) groups is 1. The second-order valence-corrected chi connectivity index (χ2v) is 7.04. The zero-order valence-corrected chi connectivity index (χ0v) is 16.3. The third kappa shape index (κ3) is 4.73. The van der Waals surface area contributed by atoms with Crippen molar-refractivity contribution in [3.8, 4) is 18.1 Å². The standard InChI is InChI=1S/C21H17ClN2O2S/c1-3-13-26-18-11-5-15(6-12-18)14-19-20(25)24(4-2)21(27-19)23-17-9-7-16(22)8-10-17/h1,5-12,14H,4,13H2,2H3/b19-14-,23-21?. The van der Waals surface area contributed by atoms with Gasteiger partial charge in [0, 0.05) is 11.6 Å². The van der Waals surface area contributed by atoms with Crippen LogP contribution in [0.15, 0.2) is 58.4 Å². The number of carbonyl (C=O) groups is 1. The number of ether oxygens (including phenoxy) is 1. The predicted octanol–water partition coefficient (Wildman–Crippen LogP) is 4.98. The molecule has 0 bridgehead atoms. The molecular weight excluding hydrogens is 380 g/mol. The summed E-state index contributed by atoms with van der Waals surface area (Å²) < 4.78 is 5.36. The van der Waals surface area contributed by atoms with Gasteiger partial charge in [0.2, 0.25) is 0 Å². The Balaban J connectivity index is 1.82. The van der Waals surface area contributed by atoms with E-state index in [1.54, 1.807) is 17.0 Å². The molecule has 3 rings (SSSR count). The van der Waals surface area contributed by atoms with Gasteiger partial charge in [0.15, 0.2) is 5.17 Å². The van der Waals surface area contributed by atoms with E-state index in [2.05, 4.69) is 10.9 Å². The molecule has 1 heterocycles. The van der Waals surface area contributed by atoms with Crippen LogP contribution in [0.2, 0.25) is 5.02 Å². The predicted molar refractivity (Wildman–Crippen MR) is 112 cm³/mol. The number of hydrogen-bond donors (Lipinski definition) is 0. The van der Waals surface area contributed by atoms with Crippen LogP contribution in [-0.4, -0.2) is 29.1 Å². The van der Waals surface area contributed by atoms with Gasteiger partial charge in [0.25, 0.3) is 5.91 Å². The van der Waals surface area contributed by atoms with Gasteiger partial charge in [-0.25, -0.2) is 4.99 Å². The molecule has 2 aromatic carbocycles. The number of halogens is 1. The number of aliphatic imine (C=N–C) groups is 1. The zero-order chi connectivity index (χ0) is 19.2. The van der Waals surface area contributed by atoms with Crippen LogP contribution in [0.5, 0.6) is 5.75 Å². The number of terminal acetylenes is 1. The Labute approximate surface area is 167 Å². The Kier molecular flexibility index (Phi) is 6.23. The van der Waals surface area contributed by atoms with Crippen molar-refractivity contribution in [3.63, 3.8) is 0 Å². The lowest BCUT2D eigenvalue weighted by atomic mass is 10.2. The van der Waals surface area contributed by atoms with Gasteiger partial charge < -0.3 is 4.74 Å². The first-order chi connectivity index (χ1) is 13.1. The number of amides is 1. The van der Waals surface area contributed by atoms with Gasteiger partial charge in [-0.05, 0) is 66.7 Å². The maximum atomic E-state index is 12.7. The Morgan fingerprint density at radius 3 is 2.56 bits per heavy atom. The van der Waals surface area contributed by atoms with E-state index in [-0.39, 0.29) is 12.5 Å². The molecule has 4 nitrogen and oxygen atoms in total.